The Labute approximate surface area is 139 Å². The van der Waals surface area contributed by atoms with Crippen molar-refractivity contribution in [2.75, 3.05) is 6.54 Å². The van der Waals surface area contributed by atoms with Gasteiger partial charge in [-0.15, -0.1) is 0 Å². The van der Waals surface area contributed by atoms with Gasteiger partial charge in [-0.1, -0.05) is 56.3 Å². The Hall–Kier alpha value is -1.65. The van der Waals surface area contributed by atoms with Gasteiger partial charge < -0.3 is 0 Å². The highest BCUT2D eigenvalue weighted by atomic mass is 32.2. The van der Waals surface area contributed by atoms with Crippen molar-refractivity contribution in [1.29, 1.82) is 0 Å². The van der Waals surface area contributed by atoms with Crippen molar-refractivity contribution in [2.24, 2.45) is 0 Å². The van der Waals surface area contributed by atoms with Crippen molar-refractivity contribution >= 4 is 10.0 Å². The molecule has 0 fully saturated rings. The highest BCUT2D eigenvalue weighted by Gasteiger charge is 2.13. The standard InChI is InChI=1S/C19H25NO2S/c1-16(2)18-11-13-19(14-12-18)23(21,22)20-15-7-6-10-17-8-4-3-5-9-17/h3-5,8-9,11-14,16,20H,6-7,10,15H2,1-2H3. The Balaban J connectivity index is 1.79. The van der Waals surface area contributed by atoms with Crippen LogP contribution in [0.1, 0.15) is 43.7 Å². The van der Waals surface area contributed by atoms with E-state index in [4.69, 9.17) is 0 Å². The minimum atomic E-state index is -3.40. The van der Waals surface area contributed by atoms with Gasteiger partial charge in [0.25, 0.3) is 0 Å². The van der Waals surface area contributed by atoms with Crippen LogP contribution in [0.4, 0.5) is 0 Å². The van der Waals surface area contributed by atoms with Crippen LogP contribution in [-0.4, -0.2) is 15.0 Å². The molecule has 0 amide bonds. The summed E-state index contributed by atoms with van der Waals surface area (Å²) in [6, 6.07) is 17.4. The van der Waals surface area contributed by atoms with E-state index in [0.717, 1.165) is 24.8 Å². The van der Waals surface area contributed by atoms with Gasteiger partial charge in [0, 0.05) is 6.54 Å². The number of rotatable bonds is 8. The second kappa shape index (κ2) is 8.27. The molecular formula is C19H25NO2S. The summed E-state index contributed by atoms with van der Waals surface area (Å²) >= 11 is 0. The third-order valence-corrected chi connectivity index (χ3v) is 5.36. The van der Waals surface area contributed by atoms with E-state index in [1.165, 1.54) is 5.56 Å². The van der Waals surface area contributed by atoms with Crippen LogP contribution in [0.3, 0.4) is 0 Å². The van der Waals surface area contributed by atoms with E-state index in [2.05, 4.69) is 30.7 Å². The number of hydrogen-bond donors (Lipinski definition) is 1. The van der Waals surface area contributed by atoms with Crippen molar-refractivity contribution in [3.05, 3.63) is 65.7 Å². The van der Waals surface area contributed by atoms with Crippen molar-refractivity contribution in [3.63, 3.8) is 0 Å². The van der Waals surface area contributed by atoms with E-state index in [9.17, 15) is 8.42 Å². The minimum absolute atomic E-state index is 0.338. The van der Waals surface area contributed by atoms with Gasteiger partial charge in [-0.05, 0) is 48.4 Å². The first kappa shape index (κ1) is 17.7. The first-order chi connectivity index (χ1) is 11.0. The number of unbranched alkanes of at least 4 members (excludes halogenated alkanes) is 1. The molecule has 0 aliphatic carbocycles. The van der Waals surface area contributed by atoms with Crippen LogP contribution in [0.15, 0.2) is 59.5 Å². The van der Waals surface area contributed by atoms with Gasteiger partial charge in [-0.3, -0.25) is 0 Å². The van der Waals surface area contributed by atoms with E-state index < -0.39 is 10.0 Å². The summed E-state index contributed by atoms with van der Waals surface area (Å²) in [5.74, 6) is 0.401. The lowest BCUT2D eigenvalue weighted by Crippen LogP contribution is -2.24. The summed E-state index contributed by atoms with van der Waals surface area (Å²) in [4.78, 5) is 0.338. The first-order valence-electron chi connectivity index (χ1n) is 8.12. The van der Waals surface area contributed by atoms with Crippen molar-refractivity contribution in [1.82, 2.24) is 4.72 Å². The molecule has 0 heterocycles. The Morgan fingerprint density at radius 3 is 2.17 bits per heavy atom. The van der Waals surface area contributed by atoms with Gasteiger partial charge in [0.2, 0.25) is 10.0 Å². The zero-order valence-electron chi connectivity index (χ0n) is 13.8. The smallest absolute Gasteiger partial charge is 0.211 e. The summed E-state index contributed by atoms with van der Waals surface area (Å²) in [5, 5.41) is 0. The fourth-order valence-corrected chi connectivity index (χ4v) is 3.49. The molecule has 1 N–H and O–H groups in total. The summed E-state index contributed by atoms with van der Waals surface area (Å²) in [5.41, 5.74) is 2.44. The molecule has 0 atom stereocenters. The second-order valence-corrected chi connectivity index (χ2v) is 7.83. The summed E-state index contributed by atoms with van der Waals surface area (Å²) in [7, 11) is -3.40. The van der Waals surface area contributed by atoms with Crippen molar-refractivity contribution < 1.29 is 8.42 Å². The van der Waals surface area contributed by atoms with E-state index in [-0.39, 0.29) is 0 Å². The molecule has 124 valence electrons. The Bertz CT molecular complexity index is 692. The fourth-order valence-electron chi connectivity index (χ4n) is 2.42. The van der Waals surface area contributed by atoms with Crippen LogP contribution in [0.25, 0.3) is 0 Å². The number of aryl methyl sites for hydroxylation is 1. The molecule has 0 aliphatic heterocycles. The molecular weight excluding hydrogens is 306 g/mol. The highest BCUT2D eigenvalue weighted by Crippen LogP contribution is 2.17. The zero-order chi connectivity index (χ0) is 16.7. The van der Waals surface area contributed by atoms with Crippen LogP contribution < -0.4 is 4.72 Å². The van der Waals surface area contributed by atoms with Gasteiger partial charge in [0.1, 0.15) is 0 Å². The SMILES string of the molecule is CC(C)c1ccc(S(=O)(=O)NCCCCc2ccccc2)cc1. The van der Waals surface area contributed by atoms with Gasteiger partial charge in [0.05, 0.1) is 4.90 Å². The summed E-state index contributed by atoms with van der Waals surface area (Å²) in [6.45, 7) is 4.66. The Morgan fingerprint density at radius 2 is 1.57 bits per heavy atom. The van der Waals surface area contributed by atoms with Crippen LogP contribution in [0.2, 0.25) is 0 Å². The van der Waals surface area contributed by atoms with E-state index >= 15 is 0 Å². The van der Waals surface area contributed by atoms with Crippen molar-refractivity contribution in [2.45, 2.75) is 43.9 Å². The maximum Gasteiger partial charge on any atom is 0.240 e. The molecule has 0 saturated carbocycles. The molecule has 2 rings (SSSR count). The minimum Gasteiger partial charge on any atom is -0.211 e. The van der Waals surface area contributed by atoms with Crippen LogP contribution >= 0.6 is 0 Å². The molecule has 0 unspecified atom stereocenters. The Morgan fingerprint density at radius 1 is 0.913 bits per heavy atom. The zero-order valence-corrected chi connectivity index (χ0v) is 14.6. The molecule has 0 aliphatic rings. The number of hydrogen-bond acceptors (Lipinski definition) is 2. The predicted molar refractivity (Wildman–Crippen MR) is 95.1 cm³/mol. The lowest BCUT2D eigenvalue weighted by atomic mass is 10.0. The van der Waals surface area contributed by atoms with Crippen LogP contribution in [0.5, 0.6) is 0 Å². The van der Waals surface area contributed by atoms with Crippen LogP contribution in [0, 0.1) is 0 Å². The molecule has 23 heavy (non-hydrogen) atoms. The molecule has 0 spiro atoms. The van der Waals surface area contributed by atoms with E-state index in [0.29, 0.717) is 17.4 Å². The first-order valence-corrected chi connectivity index (χ1v) is 9.61. The highest BCUT2D eigenvalue weighted by molar-refractivity contribution is 7.89. The van der Waals surface area contributed by atoms with Gasteiger partial charge >= 0.3 is 0 Å². The summed E-state index contributed by atoms with van der Waals surface area (Å²) in [6.07, 6.45) is 2.78. The Kier molecular flexibility index (Phi) is 6.37. The predicted octanol–water partition coefficient (Wildman–Crippen LogP) is 4.11. The normalized spacial score (nSPS) is 11.8. The molecule has 2 aromatic carbocycles. The third-order valence-electron chi connectivity index (χ3n) is 3.88. The van der Waals surface area contributed by atoms with Gasteiger partial charge in [-0.2, -0.15) is 0 Å². The van der Waals surface area contributed by atoms with Gasteiger partial charge in [-0.25, -0.2) is 13.1 Å². The van der Waals surface area contributed by atoms with Crippen molar-refractivity contribution in [3.8, 4) is 0 Å². The average molecular weight is 331 g/mol. The lowest BCUT2D eigenvalue weighted by Gasteiger charge is -2.09. The number of nitrogens with one attached hydrogen (secondary N) is 1. The molecule has 0 aromatic heterocycles. The molecule has 0 saturated heterocycles. The fraction of sp³-hybridized carbons (Fsp3) is 0.368. The van der Waals surface area contributed by atoms with Gasteiger partial charge in [0.15, 0.2) is 0 Å². The van der Waals surface area contributed by atoms with E-state index in [1.54, 1.807) is 12.1 Å². The maximum atomic E-state index is 12.2. The molecule has 0 radical (unpaired) electrons. The quantitative estimate of drug-likeness (QED) is 0.740. The number of benzene rings is 2. The topological polar surface area (TPSA) is 46.2 Å². The average Bonchev–Trinajstić information content (AvgIpc) is 2.55. The molecule has 2 aromatic rings. The van der Waals surface area contributed by atoms with E-state index in [1.807, 2.05) is 30.3 Å². The lowest BCUT2D eigenvalue weighted by molar-refractivity contribution is 0.576. The molecule has 0 bridgehead atoms. The maximum absolute atomic E-state index is 12.2. The summed E-state index contributed by atoms with van der Waals surface area (Å²) < 4.78 is 27.2. The second-order valence-electron chi connectivity index (χ2n) is 6.06. The van der Waals surface area contributed by atoms with Crippen LogP contribution in [-0.2, 0) is 16.4 Å². The third kappa shape index (κ3) is 5.48. The molecule has 4 heteroatoms. The number of sulfonamides is 1. The molecule has 3 nitrogen and oxygen atoms in total. The monoisotopic (exact) mass is 331 g/mol. The largest absolute Gasteiger partial charge is 0.240 e.